The first-order valence-electron chi connectivity index (χ1n) is 7.79. The first-order valence-corrected chi connectivity index (χ1v) is 8.67. The van der Waals surface area contributed by atoms with Gasteiger partial charge in [0.1, 0.15) is 10.7 Å². The molecule has 4 rings (SSSR count). The average Bonchev–Trinajstić information content (AvgIpc) is 3.05. The van der Waals surface area contributed by atoms with Gasteiger partial charge in [0.15, 0.2) is 0 Å². The van der Waals surface area contributed by atoms with Crippen LogP contribution < -0.4 is 10.6 Å². The molecule has 1 saturated heterocycles. The molecule has 2 heterocycles. The second-order valence-electron chi connectivity index (χ2n) is 6.25. The molecule has 1 aromatic heterocycles. The molecule has 2 N–H and O–H groups in total. The number of carbonyl (C=O) groups is 1. The minimum atomic E-state index is 0. The number of hydrogen-bond donors (Lipinski definition) is 2. The molecule has 1 aliphatic heterocycles. The Morgan fingerprint density at radius 3 is 2.74 bits per heavy atom. The Bertz CT molecular complexity index is 682. The zero-order chi connectivity index (χ0) is 15.0. The van der Waals surface area contributed by atoms with Crippen molar-refractivity contribution >= 4 is 34.7 Å². The highest BCUT2D eigenvalue weighted by Gasteiger charge is 2.57. The third-order valence-corrected chi connectivity index (χ3v) is 5.70. The van der Waals surface area contributed by atoms with Gasteiger partial charge in [-0.15, -0.1) is 23.7 Å². The number of anilines is 1. The lowest BCUT2D eigenvalue weighted by Gasteiger charge is -2.23. The number of nitrogens with zero attached hydrogens (tertiary/aromatic N) is 1. The van der Waals surface area contributed by atoms with Gasteiger partial charge < -0.3 is 10.6 Å². The van der Waals surface area contributed by atoms with E-state index in [1.807, 2.05) is 30.3 Å². The Kier molecular flexibility index (Phi) is 4.71. The summed E-state index contributed by atoms with van der Waals surface area (Å²) in [6.45, 7) is 2.08. The van der Waals surface area contributed by atoms with Crippen LogP contribution in [0.4, 0.5) is 5.00 Å². The van der Waals surface area contributed by atoms with Gasteiger partial charge in [-0.1, -0.05) is 30.3 Å². The normalized spacial score (nSPS) is 21.5. The predicted molar refractivity (Wildman–Crippen MR) is 96.1 cm³/mol. The monoisotopic (exact) mass is 349 g/mol. The molecule has 1 unspecified atom stereocenters. The molecule has 6 heteroatoms. The molecule has 4 nitrogen and oxygen atoms in total. The molecule has 122 valence electrons. The minimum Gasteiger partial charge on any atom is -0.317 e. The summed E-state index contributed by atoms with van der Waals surface area (Å²) in [5.41, 5.74) is 3.99. The lowest BCUT2D eigenvalue weighted by atomic mass is 9.92. The Hall–Kier alpha value is -1.43. The summed E-state index contributed by atoms with van der Waals surface area (Å²) in [7, 11) is 0. The number of carbonyl (C=O) groups excluding carboxylic acids is 1. The molecule has 2 aliphatic rings. The van der Waals surface area contributed by atoms with Gasteiger partial charge in [0, 0.05) is 11.5 Å². The number of aromatic nitrogens is 1. The highest BCUT2D eigenvalue weighted by molar-refractivity contribution is 7.14. The summed E-state index contributed by atoms with van der Waals surface area (Å²) >= 11 is 1.50. The van der Waals surface area contributed by atoms with Crippen LogP contribution in [-0.4, -0.2) is 24.0 Å². The van der Waals surface area contributed by atoms with Crippen molar-refractivity contribution in [1.29, 1.82) is 0 Å². The van der Waals surface area contributed by atoms with Gasteiger partial charge in [0.2, 0.25) is 5.91 Å². The van der Waals surface area contributed by atoms with Gasteiger partial charge in [-0.2, -0.15) is 0 Å². The van der Waals surface area contributed by atoms with E-state index in [0.717, 1.165) is 48.6 Å². The third kappa shape index (κ3) is 3.13. The zero-order valence-electron chi connectivity index (χ0n) is 12.7. The molecule has 1 amide bonds. The maximum atomic E-state index is 12.6. The first-order chi connectivity index (χ1) is 10.8. The lowest BCUT2D eigenvalue weighted by molar-refractivity contribution is -0.118. The van der Waals surface area contributed by atoms with Crippen LogP contribution in [0.2, 0.25) is 0 Å². The Morgan fingerprint density at radius 1 is 1.26 bits per heavy atom. The number of piperidine rings is 1. The summed E-state index contributed by atoms with van der Waals surface area (Å²) in [5, 5.41) is 7.36. The van der Waals surface area contributed by atoms with Gasteiger partial charge in [-0.05, 0) is 37.8 Å². The Labute approximate surface area is 146 Å². The third-order valence-electron chi connectivity index (χ3n) is 4.96. The molecule has 1 spiro atoms. The van der Waals surface area contributed by atoms with Gasteiger partial charge in [0.25, 0.3) is 0 Å². The summed E-state index contributed by atoms with van der Waals surface area (Å²) < 4.78 is 0. The van der Waals surface area contributed by atoms with Crippen LogP contribution in [0.5, 0.6) is 0 Å². The zero-order valence-corrected chi connectivity index (χ0v) is 14.4. The average molecular weight is 350 g/mol. The van der Waals surface area contributed by atoms with Gasteiger partial charge >= 0.3 is 0 Å². The highest BCUT2D eigenvalue weighted by Crippen LogP contribution is 2.59. The van der Waals surface area contributed by atoms with Crippen molar-refractivity contribution in [3.63, 3.8) is 0 Å². The summed E-state index contributed by atoms with van der Waals surface area (Å²) in [6, 6.07) is 10.0. The largest absolute Gasteiger partial charge is 0.317 e. The number of rotatable bonds is 3. The molecule has 1 aromatic carbocycles. The highest BCUT2D eigenvalue weighted by atomic mass is 35.5. The minimum absolute atomic E-state index is 0. The van der Waals surface area contributed by atoms with Crippen molar-refractivity contribution in [2.45, 2.75) is 19.3 Å². The van der Waals surface area contributed by atoms with E-state index < -0.39 is 0 Å². The molecule has 2 fully saturated rings. The summed E-state index contributed by atoms with van der Waals surface area (Å²) in [5.74, 6) is 0.351. The quantitative estimate of drug-likeness (QED) is 0.890. The van der Waals surface area contributed by atoms with Crippen molar-refractivity contribution < 1.29 is 4.79 Å². The number of nitrogens with one attached hydrogen (secondary N) is 2. The summed E-state index contributed by atoms with van der Waals surface area (Å²) in [6.07, 6.45) is 3.29. The van der Waals surface area contributed by atoms with Crippen molar-refractivity contribution in [2.75, 3.05) is 18.4 Å². The van der Waals surface area contributed by atoms with Crippen LogP contribution in [0.1, 0.15) is 19.3 Å². The van der Waals surface area contributed by atoms with E-state index >= 15 is 0 Å². The molecule has 2 aromatic rings. The molecule has 1 atom stereocenters. The number of hydrogen-bond acceptors (Lipinski definition) is 4. The number of amides is 1. The number of benzene rings is 1. The fraction of sp³-hybridized carbons (Fsp3) is 0.412. The molecule has 23 heavy (non-hydrogen) atoms. The Balaban J connectivity index is 0.00000156. The van der Waals surface area contributed by atoms with Crippen LogP contribution in [0, 0.1) is 11.3 Å². The van der Waals surface area contributed by atoms with Crippen LogP contribution >= 0.6 is 23.7 Å². The maximum Gasteiger partial charge on any atom is 0.228 e. The molecular formula is C17H20ClN3OS. The number of halogens is 1. The molecule has 0 radical (unpaired) electrons. The predicted octanol–water partition coefficient (Wildman–Crippen LogP) is 3.56. The fourth-order valence-electron chi connectivity index (χ4n) is 3.53. The SMILES string of the molecule is Cl.O=C(Nc1scnc1-c1ccccc1)C1CC12CCNCC2. The lowest BCUT2D eigenvalue weighted by Crippen LogP contribution is -2.31. The van der Waals surface area contributed by atoms with E-state index in [1.54, 1.807) is 5.51 Å². The molecular weight excluding hydrogens is 330 g/mol. The molecule has 1 saturated carbocycles. The van der Waals surface area contributed by atoms with E-state index in [9.17, 15) is 4.79 Å². The van der Waals surface area contributed by atoms with Gasteiger partial charge in [-0.25, -0.2) is 4.98 Å². The molecule has 1 aliphatic carbocycles. The smallest absolute Gasteiger partial charge is 0.228 e. The van der Waals surface area contributed by atoms with Crippen molar-refractivity contribution in [1.82, 2.24) is 10.3 Å². The first kappa shape index (κ1) is 16.4. The molecule has 0 bridgehead atoms. The standard InChI is InChI=1S/C17H19N3OS.ClH/c21-15(13-10-17(13)6-8-18-9-7-17)20-16-14(19-11-22-16)12-4-2-1-3-5-12;/h1-5,11,13,18H,6-10H2,(H,20,21);1H. The Morgan fingerprint density at radius 2 is 2.00 bits per heavy atom. The van der Waals surface area contributed by atoms with Crippen molar-refractivity contribution in [2.24, 2.45) is 11.3 Å². The van der Waals surface area contributed by atoms with Gasteiger partial charge in [0.05, 0.1) is 5.51 Å². The maximum absolute atomic E-state index is 12.6. The number of thiazole rings is 1. The van der Waals surface area contributed by atoms with E-state index in [2.05, 4.69) is 15.6 Å². The van der Waals surface area contributed by atoms with Crippen LogP contribution in [0.15, 0.2) is 35.8 Å². The van der Waals surface area contributed by atoms with Gasteiger partial charge in [-0.3, -0.25) is 4.79 Å². The second-order valence-corrected chi connectivity index (χ2v) is 7.11. The van der Waals surface area contributed by atoms with E-state index in [-0.39, 0.29) is 29.6 Å². The van der Waals surface area contributed by atoms with Crippen molar-refractivity contribution in [3.8, 4) is 11.3 Å². The topological polar surface area (TPSA) is 54.0 Å². The van der Waals surface area contributed by atoms with E-state index in [0.29, 0.717) is 0 Å². The summed E-state index contributed by atoms with van der Waals surface area (Å²) in [4.78, 5) is 17.0. The van der Waals surface area contributed by atoms with Crippen LogP contribution in [-0.2, 0) is 4.79 Å². The fourth-order valence-corrected chi connectivity index (χ4v) is 4.24. The van der Waals surface area contributed by atoms with Crippen LogP contribution in [0.25, 0.3) is 11.3 Å². The van der Waals surface area contributed by atoms with E-state index in [4.69, 9.17) is 0 Å². The van der Waals surface area contributed by atoms with Crippen LogP contribution in [0.3, 0.4) is 0 Å². The van der Waals surface area contributed by atoms with E-state index in [1.165, 1.54) is 11.3 Å². The second kappa shape index (κ2) is 6.59. The van der Waals surface area contributed by atoms with Crippen molar-refractivity contribution in [3.05, 3.63) is 35.8 Å².